The Morgan fingerprint density at radius 1 is 1.86 bits per heavy atom. The Hall–Kier alpha value is 0.150. The van der Waals surface area contributed by atoms with E-state index in [4.69, 9.17) is 0 Å². The molecule has 0 bridgehead atoms. The zero-order valence-electron chi connectivity index (χ0n) is 3.53. The van der Waals surface area contributed by atoms with E-state index in [-0.39, 0.29) is 0 Å². The molecule has 0 aromatic rings. The van der Waals surface area contributed by atoms with Gasteiger partial charge in [-0.1, -0.05) is 6.08 Å². The summed E-state index contributed by atoms with van der Waals surface area (Å²) in [5.74, 6) is 0. The maximum atomic E-state index is 10.3. The van der Waals surface area contributed by atoms with Crippen LogP contribution in [-0.2, 0) is 9.09 Å². The third-order valence-corrected chi connectivity index (χ3v) is 2.56. The van der Waals surface area contributed by atoms with Crippen molar-refractivity contribution < 1.29 is 9.09 Å². The van der Waals surface area contributed by atoms with E-state index < -0.39 is 7.23 Å². The molecule has 0 saturated heterocycles. The lowest BCUT2D eigenvalue weighted by molar-refractivity contribution is 0.382. The average Bonchev–Trinajstić information content (AvgIpc) is 1.69. The molecule has 7 heavy (non-hydrogen) atoms. The molecule has 1 aliphatic heterocycles. The van der Waals surface area contributed by atoms with Gasteiger partial charge in [0.2, 0.25) is 0 Å². The maximum Gasteiger partial charge on any atom is 0.282 e. The van der Waals surface area contributed by atoms with Gasteiger partial charge in [0.15, 0.2) is 0 Å². The monoisotopic (exact) mass is 135 g/mol. The van der Waals surface area contributed by atoms with E-state index in [9.17, 15) is 4.57 Å². The Labute approximate surface area is 46.6 Å². The molecule has 1 atom stereocenters. The molecule has 0 N–H and O–H groups in total. The molecule has 0 amide bonds. The van der Waals surface area contributed by atoms with Crippen molar-refractivity contribution in [3.8, 4) is 0 Å². The highest BCUT2D eigenvalue weighted by Gasteiger charge is 2.00. The Kier molecular flexibility index (Phi) is 1.86. The molecule has 1 rings (SSSR count). The van der Waals surface area contributed by atoms with Crippen molar-refractivity contribution in [2.75, 3.05) is 6.61 Å². The smallest absolute Gasteiger partial charge is 0.282 e. The number of rotatable bonds is 0. The second-order valence-electron chi connectivity index (χ2n) is 0.997. The fourth-order valence-corrected chi connectivity index (χ4v) is 1.72. The minimum absolute atomic E-state index is 0.502. The van der Waals surface area contributed by atoms with E-state index in [1.807, 2.05) is 6.08 Å². The van der Waals surface area contributed by atoms with Crippen LogP contribution in [0.2, 0.25) is 0 Å². The van der Waals surface area contributed by atoms with Crippen LogP contribution in [-0.4, -0.2) is 6.61 Å². The largest absolute Gasteiger partial charge is 0.292 e. The van der Waals surface area contributed by atoms with Crippen LogP contribution in [0.3, 0.4) is 0 Å². The van der Waals surface area contributed by atoms with Crippen LogP contribution in [0.1, 0.15) is 0 Å². The minimum Gasteiger partial charge on any atom is -0.292 e. The van der Waals surface area contributed by atoms with Gasteiger partial charge in [-0.05, 0) is 16.8 Å². The van der Waals surface area contributed by atoms with Crippen molar-refractivity contribution in [1.29, 1.82) is 0 Å². The molecule has 0 aromatic carbocycles. The molecule has 39 valence electrons. The van der Waals surface area contributed by atoms with E-state index in [0.717, 1.165) is 0 Å². The molecular weight excluding hydrogens is 131 g/mol. The average molecular weight is 135 g/mol. The van der Waals surface area contributed by atoms with Gasteiger partial charge in [-0.25, -0.2) is 4.57 Å². The molecule has 2 nitrogen and oxygen atoms in total. The summed E-state index contributed by atoms with van der Waals surface area (Å²) in [6.45, 7) is 0.502. The van der Waals surface area contributed by atoms with Gasteiger partial charge in [0.05, 0.1) is 6.61 Å². The zero-order chi connectivity index (χ0) is 5.11. The summed E-state index contributed by atoms with van der Waals surface area (Å²) < 4.78 is 15.0. The summed E-state index contributed by atoms with van der Waals surface area (Å²) in [5, 5.41) is 1.79. The summed E-state index contributed by atoms with van der Waals surface area (Å²) in [6, 6.07) is 0. The Morgan fingerprint density at radius 3 is 3.00 bits per heavy atom. The Balaban J connectivity index is 2.47. The van der Waals surface area contributed by atoms with Crippen molar-refractivity contribution in [3.05, 3.63) is 11.5 Å². The lowest BCUT2D eigenvalue weighted by Crippen LogP contribution is -1.79. The quantitative estimate of drug-likeness (QED) is 0.474. The number of hydrogen-bond donors (Lipinski definition) is 0. The maximum absolute atomic E-state index is 10.3. The SMILES string of the molecule is O=[P]1OCC=CS1. The van der Waals surface area contributed by atoms with Gasteiger partial charge in [0.1, 0.15) is 0 Å². The van der Waals surface area contributed by atoms with E-state index in [1.165, 1.54) is 11.4 Å². The van der Waals surface area contributed by atoms with Crippen molar-refractivity contribution >= 4 is 18.6 Å². The molecular formula is C3H4O2PS. The van der Waals surface area contributed by atoms with E-state index in [1.54, 1.807) is 5.41 Å². The Morgan fingerprint density at radius 2 is 2.71 bits per heavy atom. The third kappa shape index (κ3) is 1.59. The standard InChI is InChI=1S/C3H4O2PS/c4-6-5-2-1-3-7-6/h1,3H,2H2. The van der Waals surface area contributed by atoms with Crippen molar-refractivity contribution in [1.82, 2.24) is 0 Å². The van der Waals surface area contributed by atoms with Crippen molar-refractivity contribution in [3.63, 3.8) is 0 Å². The van der Waals surface area contributed by atoms with Crippen LogP contribution in [0.25, 0.3) is 0 Å². The molecule has 1 heterocycles. The van der Waals surface area contributed by atoms with Gasteiger partial charge >= 0.3 is 0 Å². The van der Waals surface area contributed by atoms with Gasteiger partial charge in [-0.2, -0.15) is 0 Å². The molecule has 0 fully saturated rings. The van der Waals surface area contributed by atoms with Crippen LogP contribution >= 0.6 is 18.6 Å². The highest BCUT2D eigenvalue weighted by molar-refractivity contribution is 8.51. The molecule has 4 heteroatoms. The van der Waals surface area contributed by atoms with Crippen molar-refractivity contribution in [2.45, 2.75) is 0 Å². The van der Waals surface area contributed by atoms with E-state index in [2.05, 4.69) is 4.52 Å². The molecule has 0 aromatic heterocycles. The van der Waals surface area contributed by atoms with Crippen LogP contribution in [0.15, 0.2) is 11.5 Å². The first kappa shape index (κ1) is 5.29. The van der Waals surface area contributed by atoms with Gasteiger partial charge in [-0.15, -0.1) is 0 Å². The topological polar surface area (TPSA) is 26.3 Å². The first-order valence-electron chi connectivity index (χ1n) is 1.81. The van der Waals surface area contributed by atoms with Gasteiger partial charge in [0.25, 0.3) is 7.23 Å². The number of hydrogen-bond acceptors (Lipinski definition) is 3. The Bertz CT molecular complexity index is 112. The highest BCUT2D eigenvalue weighted by atomic mass is 32.7. The minimum atomic E-state index is -1.41. The van der Waals surface area contributed by atoms with E-state index in [0.29, 0.717) is 6.61 Å². The molecule has 1 radical (unpaired) electrons. The fourth-order valence-electron chi connectivity index (χ4n) is 0.266. The predicted octanol–water partition coefficient (Wildman–Crippen LogP) is 1.92. The van der Waals surface area contributed by atoms with Crippen LogP contribution in [0.5, 0.6) is 0 Å². The fraction of sp³-hybridized carbons (Fsp3) is 0.333. The highest BCUT2D eigenvalue weighted by Crippen LogP contribution is 2.41. The second-order valence-corrected chi connectivity index (χ2v) is 3.71. The molecule has 0 aliphatic carbocycles. The van der Waals surface area contributed by atoms with E-state index >= 15 is 0 Å². The predicted molar refractivity (Wildman–Crippen MR) is 30.3 cm³/mol. The summed E-state index contributed by atoms with van der Waals surface area (Å²) in [6.07, 6.45) is 1.83. The first-order chi connectivity index (χ1) is 3.39. The van der Waals surface area contributed by atoms with Crippen molar-refractivity contribution in [2.24, 2.45) is 0 Å². The van der Waals surface area contributed by atoms with Crippen LogP contribution in [0.4, 0.5) is 0 Å². The summed E-state index contributed by atoms with van der Waals surface area (Å²) in [7, 11) is -1.41. The lowest BCUT2D eigenvalue weighted by atomic mass is 10.7. The van der Waals surface area contributed by atoms with Gasteiger partial charge in [0, 0.05) is 0 Å². The normalized spacial score (nSPS) is 25.4. The summed E-state index contributed by atoms with van der Waals surface area (Å²) >= 11 is 1.22. The van der Waals surface area contributed by atoms with Gasteiger partial charge < -0.3 is 0 Å². The van der Waals surface area contributed by atoms with Gasteiger partial charge in [-0.3, -0.25) is 4.52 Å². The second kappa shape index (κ2) is 2.46. The summed E-state index contributed by atoms with van der Waals surface area (Å²) in [4.78, 5) is 0. The molecule has 1 aliphatic rings. The van der Waals surface area contributed by atoms with Crippen LogP contribution in [0, 0.1) is 0 Å². The van der Waals surface area contributed by atoms with Crippen LogP contribution < -0.4 is 0 Å². The summed E-state index contributed by atoms with van der Waals surface area (Å²) in [5.41, 5.74) is 0. The lowest BCUT2D eigenvalue weighted by Gasteiger charge is -1.98. The molecule has 0 saturated carbocycles. The zero-order valence-corrected chi connectivity index (χ0v) is 5.24. The molecule has 1 unspecified atom stereocenters. The first-order valence-corrected chi connectivity index (χ1v) is 4.48. The third-order valence-electron chi connectivity index (χ3n) is 0.519. The molecule has 0 spiro atoms.